The number of fused-ring (bicyclic) bond motifs is 1. The highest BCUT2D eigenvalue weighted by molar-refractivity contribution is 7.75. The zero-order valence-electron chi connectivity index (χ0n) is 6.32. The highest BCUT2D eigenvalue weighted by Crippen LogP contribution is 2.29. The molecule has 64 valence electrons. The summed E-state index contributed by atoms with van der Waals surface area (Å²) in [6, 6.07) is 0. The van der Waals surface area contributed by atoms with Crippen molar-refractivity contribution in [2.24, 2.45) is 0 Å². The van der Waals surface area contributed by atoms with Crippen molar-refractivity contribution in [3.8, 4) is 0 Å². The second kappa shape index (κ2) is 3.21. The Labute approximate surface area is 68.9 Å². The molecule has 0 aromatic carbocycles. The minimum atomic E-state index is -1.45. The van der Waals surface area contributed by atoms with Gasteiger partial charge in [0.1, 0.15) is 12.2 Å². The molecule has 0 amide bonds. The van der Waals surface area contributed by atoms with Crippen molar-refractivity contribution >= 4 is 11.4 Å². The van der Waals surface area contributed by atoms with Gasteiger partial charge in [0.15, 0.2) is 0 Å². The maximum absolute atomic E-state index is 10.8. The summed E-state index contributed by atoms with van der Waals surface area (Å²) in [7, 11) is 0. The van der Waals surface area contributed by atoms with Gasteiger partial charge < -0.3 is 0 Å². The van der Waals surface area contributed by atoms with E-state index in [2.05, 4.69) is 0 Å². The third-order valence-electron chi connectivity index (χ3n) is 2.30. The van der Waals surface area contributed by atoms with Crippen LogP contribution in [0.25, 0.3) is 0 Å². The van der Waals surface area contributed by atoms with E-state index < -0.39 is 11.4 Å². The standard InChI is InChI=1S/C7H12O3S/c8-11-9-6-4-2-1-3-5-7(6)10-11/h6-7H,1-5H2. The van der Waals surface area contributed by atoms with Crippen LogP contribution in [0.2, 0.25) is 0 Å². The molecule has 0 radical (unpaired) electrons. The van der Waals surface area contributed by atoms with Gasteiger partial charge in [-0.15, -0.1) is 0 Å². The van der Waals surface area contributed by atoms with Crippen LogP contribution in [-0.4, -0.2) is 16.4 Å². The SMILES string of the molecule is O=S1OC2CCCCCC2O1. The van der Waals surface area contributed by atoms with E-state index in [9.17, 15) is 4.21 Å². The fourth-order valence-corrected chi connectivity index (χ4v) is 2.57. The molecule has 1 saturated carbocycles. The molecule has 2 fully saturated rings. The highest BCUT2D eigenvalue weighted by Gasteiger charge is 2.35. The van der Waals surface area contributed by atoms with Crippen molar-refractivity contribution in [2.75, 3.05) is 0 Å². The van der Waals surface area contributed by atoms with Crippen molar-refractivity contribution in [1.82, 2.24) is 0 Å². The van der Waals surface area contributed by atoms with Gasteiger partial charge in [-0.2, -0.15) is 4.21 Å². The first kappa shape index (κ1) is 7.71. The van der Waals surface area contributed by atoms with Crippen molar-refractivity contribution in [3.63, 3.8) is 0 Å². The predicted octanol–water partition coefficient (Wildman–Crippen LogP) is 1.31. The molecule has 2 atom stereocenters. The summed E-state index contributed by atoms with van der Waals surface area (Å²) in [5.41, 5.74) is 0. The Morgan fingerprint density at radius 2 is 1.55 bits per heavy atom. The molecule has 1 saturated heterocycles. The summed E-state index contributed by atoms with van der Waals surface area (Å²) < 4.78 is 21.0. The molecule has 0 aromatic heterocycles. The lowest BCUT2D eigenvalue weighted by molar-refractivity contribution is 0.148. The lowest BCUT2D eigenvalue weighted by Crippen LogP contribution is -2.20. The van der Waals surface area contributed by atoms with Crippen LogP contribution in [0.1, 0.15) is 32.1 Å². The van der Waals surface area contributed by atoms with Crippen LogP contribution >= 0.6 is 0 Å². The van der Waals surface area contributed by atoms with Crippen molar-refractivity contribution in [2.45, 2.75) is 44.3 Å². The quantitative estimate of drug-likeness (QED) is 0.558. The molecular weight excluding hydrogens is 164 g/mol. The zero-order valence-corrected chi connectivity index (χ0v) is 7.14. The average Bonchev–Trinajstić information content (AvgIpc) is 2.17. The predicted molar refractivity (Wildman–Crippen MR) is 41.0 cm³/mol. The number of hydrogen-bond acceptors (Lipinski definition) is 3. The van der Waals surface area contributed by atoms with E-state index in [0.717, 1.165) is 12.8 Å². The Morgan fingerprint density at radius 3 is 2.09 bits per heavy atom. The van der Waals surface area contributed by atoms with Crippen molar-refractivity contribution < 1.29 is 12.6 Å². The van der Waals surface area contributed by atoms with E-state index >= 15 is 0 Å². The summed E-state index contributed by atoms with van der Waals surface area (Å²) in [5.74, 6) is 0. The van der Waals surface area contributed by atoms with E-state index in [-0.39, 0.29) is 12.2 Å². The number of hydrogen-bond donors (Lipinski definition) is 0. The molecule has 1 aliphatic carbocycles. The highest BCUT2D eigenvalue weighted by atomic mass is 32.2. The maximum atomic E-state index is 10.8. The minimum Gasteiger partial charge on any atom is -0.262 e. The second-order valence-corrected chi connectivity index (χ2v) is 3.90. The molecule has 2 unspecified atom stereocenters. The molecule has 11 heavy (non-hydrogen) atoms. The van der Waals surface area contributed by atoms with Crippen LogP contribution in [0.3, 0.4) is 0 Å². The van der Waals surface area contributed by atoms with E-state index in [0.29, 0.717) is 0 Å². The molecule has 1 heterocycles. The van der Waals surface area contributed by atoms with Crippen LogP contribution in [0.4, 0.5) is 0 Å². The Hall–Kier alpha value is 0.0700. The van der Waals surface area contributed by atoms with Gasteiger partial charge in [0.2, 0.25) is 0 Å². The van der Waals surface area contributed by atoms with Crippen molar-refractivity contribution in [3.05, 3.63) is 0 Å². The van der Waals surface area contributed by atoms with Gasteiger partial charge in [-0.25, -0.2) is 0 Å². The largest absolute Gasteiger partial charge is 0.305 e. The minimum absolute atomic E-state index is 0.110. The molecule has 2 aliphatic rings. The van der Waals surface area contributed by atoms with Gasteiger partial charge in [-0.1, -0.05) is 19.3 Å². The van der Waals surface area contributed by atoms with Gasteiger partial charge in [-0.3, -0.25) is 8.37 Å². The zero-order chi connectivity index (χ0) is 7.68. The molecule has 0 aromatic rings. The van der Waals surface area contributed by atoms with E-state index in [1.807, 2.05) is 0 Å². The van der Waals surface area contributed by atoms with Gasteiger partial charge in [0, 0.05) is 0 Å². The lowest BCUT2D eigenvalue weighted by atomic mass is 10.1. The Morgan fingerprint density at radius 1 is 1.00 bits per heavy atom. The van der Waals surface area contributed by atoms with E-state index in [4.69, 9.17) is 8.37 Å². The third-order valence-corrected chi connectivity index (χ3v) is 3.10. The molecule has 3 nitrogen and oxygen atoms in total. The lowest BCUT2D eigenvalue weighted by Gasteiger charge is -2.08. The van der Waals surface area contributed by atoms with Crippen LogP contribution in [0, 0.1) is 0 Å². The number of rotatable bonds is 0. The van der Waals surface area contributed by atoms with Gasteiger partial charge in [-0.05, 0) is 12.8 Å². The summed E-state index contributed by atoms with van der Waals surface area (Å²) in [6.07, 6.45) is 5.86. The van der Waals surface area contributed by atoms with Gasteiger partial charge in [0.25, 0.3) is 0 Å². The van der Waals surface area contributed by atoms with Crippen molar-refractivity contribution in [1.29, 1.82) is 0 Å². The normalized spacial score (nSPS) is 44.9. The summed E-state index contributed by atoms with van der Waals surface area (Å²) in [4.78, 5) is 0. The Kier molecular flexibility index (Phi) is 2.25. The molecule has 2 rings (SSSR count). The second-order valence-electron chi connectivity index (χ2n) is 3.11. The van der Waals surface area contributed by atoms with Crippen LogP contribution in [-0.2, 0) is 19.7 Å². The first-order valence-electron chi connectivity index (χ1n) is 4.12. The molecule has 4 heteroatoms. The third kappa shape index (κ3) is 1.63. The van der Waals surface area contributed by atoms with E-state index in [1.165, 1.54) is 19.3 Å². The maximum Gasteiger partial charge on any atom is 0.305 e. The molecule has 1 aliphatic heterocycles. The van der Waals surface area contributed by atoms with Crippen LogP contribution in [0.15, 0.2) is 0 Å². The molecule has 0 bridgehead atoms. The van der Waals surface area contributed by atoms with E-state index in [1.54, 1.807) is 0 Å². The Balaban J connectivity index is 2.01. The van der Waals surface area contributed by atoms with Crippen LogP contribution < -0.4 is 0 Å². The van der Waals surface area contributed by atoms with Crippen LogP contribution in [0.5, 0.6) is 0 Å². The summed E-state index contributed by atoms with van der Waals surface area (Å²) in [5, 5.41) is 0. The average molecular weight is 176 g/mol. The fraction of sp³-hybridized carbons (Fsp3) is 1.00. The molecular formula is C7H12O3S. The monoisotopic (exact) mass is 176 g/mol. The molecule has 0 spiro atoms. The fourth-order valence-electron chi connectivity index (χ4n) is 1.68. The van der Waals surface area contributed by atoms with Gasteiger partial charge in [0.05, 0.1) is 0 Å². The Bertz CT molecular complexity index is 155. The first-order chi connectivity index (χ1) is 5.36. The first-order valence-corrected chi connectivity index (χ1v) is 5.12. The topological polar surface area (TPSA) is 35.5 Å². The smallest absolute Gasteiger partial charge is 0.262 e. The summed E-state index contributed by atoms with van der Waals surface area (Å²) >= 11 is -1.45. The molecule has 0 N–H and O–H groups in total. The summed E-state index contributed by atoms with van der Waals surface area (Å²) in [6.45, 7) is 0. The van der Waals surface area contributed by atoms with Gasteiger partial charge >= 0.3 is 11.4 Å².